The normalized spacial score (nSPS) is 11.0. The van der Waals surface area contributed by atoms with E-state index in [2.05, 4.69) is 10.1 Å². The van der Waals surface area contributed by atoms with Gasteiger partial charge >= 0.3 is 11.7 Å². The first-order chi connectivity index (χ1) is 9.06. The zero-order valence-corrected chi connectivity index (χ0v) is 9.88. The van der Waals surface area contributed by atoms with E-state index in [1.165, 1.54) is 10.7 Å². The third-order valence-corrected chi connectivity index (χ3v) is 2.83. The van der Waals surface area contributed by atoms with Crippen molar-refractivity contribution in [1.29, 1.82) is 0 Å². The highest BCUT2D eigenvalue weighted by Crippen LogP contribution is 2.26. The molecule has 2 N–H and O–H groups in total. The average Bonchev–Trinajstić information content (AvgIpc) is 2.90. The number of fused-ring (bicyclic) bond motifs is 1. The maximum Gasteiger partial charge on any atom is 0.417 e. The lowest BCUT2D eigenvalue weighted by Gasteiger charge is -2.01. The van der Waals surface area contributed by atoms with Gasteiger partial charge in [0.25, 0.3) is 0 Å². The molecule has 3 rings (SSSR count). The molecule has 0 atom stereocenters. The Bertz CT molecular complexity index is 840. The molecule has 1 aromatic carbocycles. The number of hydrogen-bond acceptors (Lipinski definition) is 4. The number of benzene rings is 1. The summed E-state index contributed by atoms with van der Waals surface area (Å²) >= 11 is 0. The Hall–Kier alpha value is -2.83. The average molecular weight is 259 g/mol. The number of nitrogens with zero attached hydrogens (tertiary/aromatic N) is 2. The number of hydrogen-bond donors (Lipinski definition) is 2. The molecule has 0 bridgehead atoms. The molecular weight excluding hydrogens is 250 g/mol. The summed E-state index contributed by atoms with van der Waals surface area (Å²) in [6.07, 6.45) is 0. The van der Waals surface area contributed by atoms with E-state index in [0.29, 0.717) is 22.4 Å². The molecule has 2 heterocycles. The van der Waals surface area contributed by atoms with Crippen molar-refractivity contribution < 1.29 is 14.3 Å². The van der Waals surface area contributed by atoms with E-state index in [0.717, 1.165) is 0 Å². The van der Waals surface area contributed by atoms with Crippen molar-refractivity contribution in [3.05, 3.63) is 40.5 Å². The van der Waals surface area contributed by atoms with Crippen molar-refractivity contribution in [3.63, 3.8) is 0 Å². The number of oxazole rings is 1. The SMILES string of the molecule is Cn1nc(C(=O)O)cc1-c1cccc2oc(=O)[nH]c12. The van der Waals surface area contributed by atoms with Crippen LogP contribution < -0.4 is 5.76 Å². The van der Waals surface area contributed by atoms with E-state index < -0.39 is 11.7 Å². The van der Waals surface area contributed by atoms with Crippen LogP contribution in [-0.2, 0) is 7.05 Å². The molecule has 0 saturated heterocycles. The minimum Gasteiger partial charge on any atom is -0.476 e. The summed E-state index contributed by atoms with van der Waals surface area (Å²) in [4.78, 5) is 24.7. The standard InChI is InChI=1S/C12H9N3O4/c1-15-8(5-7(14-15)11(16)17)6-3-2-4-9-10(6)13-12(18)19-9/h2-5H,1H3,(H,13,18)(H,16,17). The summed E-state index contributed by atoms with van der Waals surface area (Å²) < 4.78 is 6.42. The Balaban J connectivity index is 2.29. The molecule has 0 aliphatic carbocycles. The molecular formula is C12H9N3O4. The van der Waals surface area contributed by atoms with Gasteiger partial charge in [-0.25, -0.2) is 9.59 Å². The molecule has 0 saturated carbocycles. The van der Waals surface area contributed by atoms with Gasteiger partial charge in [0.15, 0.2) is 11.3 Å². The Morgan fingerprint density at radius 2 is 2.26 bits per heavy atom. The summed E-state index contributed by atoms with van der Waals surface area (Å²) in [5, 5.41) is 12.8. The predicted octanol–water partition coefficient (Wildman–Crippen LogP) is 1.22. The van der Waals surface area contributed by atoms with Gasteiger partial charge in [-0.05, 0) is 12.1 Å². The van der Waals surface area contributed by atoms with Crippen molar-refractivity contribution in [1.82, 2.24) is 14.8 Å². The molecule has 3 aromatic rings. The van der Waals surface area contributed by atoms with Gasteiger partial charge in [0, 0.05) is 12.6 Å². The lowest BCUT2D eigenvalue weighted by molar-refractivity contribution is 0.0689. The van der Waals surface area contributed by atoms with E-state index in [-0.39, 0.29) is 5.69 Å². The number of para-hydroxylation sites is 1. The summed E-state index contributed by atoms with van der Waals surface area (Å²) in [7, 11) is 1.64. The minimum absolute atomic E-state index is 0.0552. The molecule has 0 fully saturated rings. The molecule has 0 spiro atoms. The highest BCUT2D eigenvalue weighted by Gasteiger charge is 2.16. The quantitative estimate of drug-likeness (QED) is 0.720. The van der Waals surface area contributed by atoms with E-state index in [1.54, 1.807) is 25.2 Å². The molecule has 0 aliphatic heterocycles. The van der Waals surface area contributed by atoms with Crippen molar-refractivity contribution in [2.45, 2.75) is 0 Å². The van der Waals surface area contributed by atoms with Crippen LogP contribution in [-0.4, -0.2) is 25.8 Å². The molecule has 19 heavy (non-hydrogen) atoms. The first-order valence-corrected chi connectivity index (χ1v) is 5.46. The number of aromatic amines is 1. The third kappa shape index (κ3) is 1.71. The zero-order valence-electron chi connectivity index (χ0n) is 9.88. The van der Waals surface area contributed by atoms with Gasteiger partial charge in [0.1, 0.15) is 0 Å². The van der Waals surface area contributed by atoms with Crippen LogP contribution in [0.2, 0.25) is 0 Å². The van der Waals surface area contributed by atoms with Crippen LogP contribution in [0.25, 0.3) is 22.4 Å². The number of aromatic carboxylic acids is 1. The second kappa shape index (κ2) is 3.84. The number of aryl methyl sites for hydroxylation is 1. The van der Waals surface area contributed by atoms with Crippen LogP contribution in [0.1, 0.15) is 10.5 Å². The smallest absolute Gasteiger partial charge is 0.417 e. The maximum absolute atomic E-state index is 11.2. The second-order valence-electron chi connectivity index (χ2n) is 4.04. The van der Waals surface area contributed by atoms with Crippen molar-refractivity contribution >= 4 is 17.1 Å². The first kappa shape index (κ1) is 11.3. The fourth-order valence-electron chi connectivity index (χ4n) is 2.01. The maximum atomic E-state index is 11.2. The van der Waals surface area contributed by atoms with Gasteiger partial charge in [-0.3, -0.25) is 9.67 Å². The lowest BCUT2D eigenvalue weighted by Crippen LogP contribution is -1.99. The monoisotopic (exact) mass is 259 g/mol. The molecule has 96 valence electrons. The van der Waals surface area contributed by atoms with Crippen LogP contribution in [0.4, 0.5) is 0 Å². The third-order valence-electron chi connectivity index (χ3n) is 2.83. The molecule has 0 amide bonds. The Morgan fingerprint density at radius 3 is 2.95 bits per heavy atom. The summed E-state index contributed by atoms with van der Waals surface area (Å²) in [6, 6.07) is 6.59. The minimum atomic E-state index is -1.10. The number of carboxylic acids is 1. The molecule has 2 aromatic heterocycles. The van der Waals surface area contributed by atoms with E-state index >= 15 is 0 Å². The molecule has 0 unspecified atom stereocenters. The van der Waals surface area contributed by atoms with Crippen LogP contribution in [0.3, 0.4) is 0 Å². The second-order valence-corrected chi connectivity index (χ2v) is 4.04. The predicted molar refractivity (Wildman–Crippen MR) is 66.0 cm³/mol. The van der Waals surface area contributed by atoms with Crippen molar-refractivity contribution in [3.8, 4) is 11.3 Å². The number of nitrogens with one attached hydrogen (secondary N) is 1. The van der Waals surface area contributed by atoms with Crippen LogP contribution in [0, 0.1) is 0 Å². The van der Waals surface area contributed by atoms with Gasteiger partial charge in [0.2, 0.25) is 0 Å². The highest BCUT2D eigenvalue weighted by atomic mass is 16.4. The molecule has 0 aliphatic rings. The summed E-state index contributed by atoms with van der Waals surface area (Å²) in [5.74, 6) is -1.65. The fraction of sp³-hybridized carbons (Fsp3) is 0.0833. The Morgan fingerprint density at radius 1 is 1.47 bits per heavy atom. The first-order valence-electron chi connectivity index (χ1n) is 5.46. The van der Waals surface area contributed by atoms with E-state index in [9.17, 15) is 9.59 Å². The largest absolute Gasteiger partial charge is 0.476 e. The van der Waals surface area contributed by atoms with Crippen LogP contribution in [0.5, 0.6) is 0 Å². The number of carbonyl (C=O) groups is 1. The van der Waals surface area contributed by atoms with Gasteiger partial charge in [-0.1, -0.05) is 12.1 Å². The van der Waals surface area contributed by atoms with Gasteiger partial charge in [-0.2, -0.15) is 5.10 Å². The highest BCUT2D eigenvalue weighted by molar-refractivity contribution is 5.92. The van der Waals surface area contributed by atoms with Crippen LogP contribution >= 0.6 is 0 Å². The Kier molecular flexibility index (Phi) is 2.28. The van der Waals surface area contributed by atoms with Crippen molar-refractivity contribution in [2.24, 2.45) is 7.05 Å². The topological polar surface area (TPSA) is 101 Å². The molecule has 7 heteroatoms. The number of aromatic nitrogens is 3. The zero-order chi connectivity index (χ0) is 13.6. The van der Waals surface area contributed by atoms with E-state index in [1.807, 2.05) is 0 Å². The number of H-pyrrole nitrogens is 1. The van der Waals surface area contributed by atoms with Crippen LogP contribution in [0.15, 0.2) is 33.5 Å². The van der Waals surface area contributed by atoms with Crippen molar-refractivity contribution in [2.75, 3.05) is 0 Å². The Labute approximate surface area is 106 Å². The molecule has 7 nitrogen and oxygen atoms in total. The van der Waals surface area contributed by atoms with E-state index in [4.69, 9.17) is 9.52 Å². The summed E-state index contributed by atoms with van der Waals surface area (Å²) in [5.41, 5.74) is 2.12. The summed E-state index contributed by atoms with van der Waals surface area (Å²) in [6.45, 7) is 0. The number of rotatable bonds is 2. The molecule has 0 radical (unpaired) electrons. The van der Waals surface area contributed by atoms with Gasteiger partial charge in [0.05, 0.1) is 11.2 Å². The van der Waals surface area contributed by atoms with Gasteiger partial charge < -0.3 is 9.52 Å². The fourth-order valence-corrected chi connectivity index (χ4v) is 2.01. The number of carboxylic acid groups (broad SMARTS) is 1. The lowest BCUT2D eigenvalue weighted by atomic mass is 10.1. The van der Waals surface area contributed by atoms with Gasteiger partial charge in [-0.15, -0.1) is 0 Å².